The summed E-state index contributed by atoms with van der Waals surface area (Å²) in [5, 5.41) is 0. The molecule has 0 spiro atoms. The Morgan fingerprint density at radius 2 is 1.26 bits per heavy atom. The summed E-state index contributed by atoms with van der Waals surface area (Å²) in [6.45, 7) is 5.52. The van der Waals surface area contributed by atoms with Crippen molar-refractivity contribution in [1.29, 1.82) is 0 Å². The highest BCUT2D eigenvalue weighted by molar-refractivity contribution is 6.01. The van der Waals surface area contributed by atoms with Gasteiger partial charge in [0.2, 0.25) is 0 Å². The van der Waals surface area contributed by atoms with Gasteiger partial charge in [0.1, 0.15) is 6.04 Å². The number of ether oxygens (including phenoxy) is 1. The monoisotopic (exact) mass is 518 g/mol. The molecular weight excluding hydrogens is 484 g/mol. The molecule has 1 aliphatic heterocycles. The highest BCUT2D eigenvalue weighted by Crippen LogP contribution is 2.37. The third kappa shape index (κ3) is 6.10. The van der Waals surface area contributed by atoms with Crippen LogP contribution in [0.1, 0.15) is 36.6 Å². The highest BCUT2D eigenvalue weighted by Gasteiger charge is 2.50. The number of carbonyl (C=O) groups excluding carboxylic acids is 2. The van der Waals surface area contributed by atoms with Crippen LogP contribution in [0.3, 0.4) is 0 Å². The summed E-state index contributed by atoms with van der Waals surface area (Å²) in [6, 6.07) is 38.8. The van der Waals surface area contributed by atoms with Crippen LogP contribution in [0, 0.1) is 5.41 Å². The molecule has 0 radical (unpaired) electrons. The van der Waals surface area contributed by atoms with E-state index in [1.807, 2.05) is 111 Å². The fraction of sp³-hybridized carbons (Fsp3) is 0.235. The van der Waals surface area contributed by atoms with E-state index in [0.29, 0.717) is 19.6 Å². The van der Waals surface area contributed by atoms with E-state index in [1.54, 1.807) is 4.90 Å². The van der Waals surface area contributed by atoms with Crippen molar-refractivity contribution >= 4 is 17.6 Å². The number of hydrogen-bond acceptors (Lipinski definition) is 4. The second-order valence-electron chi connectivity index (χ2n) is 10.8. The van der Waals surface area contributed by atoms with Crippen molar-refractivity contribution in [3.8, 4) is 0 Å². The Balaban J connectivity index is 1.48. The largest absolute Gasteiger partial charge is 0.450 e. The van der Waals surface area contributed by atoms with Crippen LogP contribution in [0.25, 0.3) is 0 Å². The maximum absolute atomic E-state index is 14.2. The lowest BCUT2D eigenvalue weighted by Crippen LogP contribution is -2.41. The van der Waals surface area contributed by atoms with E-state index < -0.39 is 23.5 Å². The smallest absolute Gasteiger partial charge is 0.328 e. The van der Waals surface area contributed by atoms with Crippen molar-refractivity contribution < 1.29 is 14.3 Å². The van der Waals surface area contributed by atoms with Crippen molar-refractivity contribution in [2.75, 3.05) is 11.4 Å². The molecule has 0 saturated carbocycles. The number of para-hydroxylation sites is 1. The van der Waals surface area contributed by atoms with E-state index in [1.165, 1.54) is 0 Å². The molecule has 1 fully saturated rings. The van der Waals surface area contributed by atoms with Gasteiger partial charge in [0.25, 0.3) is 5.91 Å². The highest BCUT2D eigenvalue weighted by atomic mass is 16.6. The zero-order valence-electron chi connectivity index (χ0n) is 22.4. The number of benzene rings is 4. The number of hydrogen-bond donors (Lipinski definition) is 0. The first-order valence-corrected chi connectivity index (χ1v) is 13.4. The Kier molecular flexibility index (Phi) is 7.89. The zero-order valence-corrected chi connectivity index (χ0v) is 22.4. The minimum atomic E-state index is -0.883. The van der Waals surface area contributed by atoms with Crippen molar-refractivity contribution in [3.05, 3.63) is 138 Å². The summed E-state index contributed by atoms with van der Waals surface area (Å²) in [6.07, 6.45) is -0.883. The number of nitrogens with zero attached hydrogens (tertiary/aromatic N) is 2. The first kappa shape index (κ1) is 26.4. The van der Waals surface area contributed by atoms with Crippen LogP contribution >= 0.6 is 0 Å². The van der Waals surface area contributed by atoms with E-state index in [9.17, 15) is 9.59 Å². The zero-order chi connectivity index (χ0) is 27.2. The molecule has 1 saturated heterocycles. The van der Waals surface area contributed by atoms with E-state index in [0.717, 1.165) is 22.4 Å². The maximum atomic E-state index is 14.2. The summed E-state index contributed by atoms with van der Waals surface area (Å²) in [5.41, 5.74) is 3.28. The standard InChI is InChI=1S/C34H34N2O3/c1-34(2)25-36(29-21-13-6-14-22-29)32(37)31(34)39-33(38)30(28-19-11-5-12-20-28)35(23-26-15-7-3-8-16-26)24-27-17-9-4-10-18-27/h3-22,30-31H,23-25H2,1-2H3/t30-,31-/m1/s1. The topological polar surface area (TPSA) is 49.9 Å². The van der Waals surface area contributed by atoms with Gasteiger partial charge in [-0.15, -0.1) is 0 Å². The van der Waals surface area contributed by atoms with Gasteiger partial charge in [0.05, 0.1) is 0 Å². The van der Waals surface area contributed by atoms with Gasteiger partial charge in [-0.05, 0) is 28.8 Å². The lowest BCUT2D eigenvalue weighted by molar-refractivity contribution is -0.164. The lowest BCUT2D eigenvalue weighted by atomic mass is 9.89. The van der Waals surface area contributed by atoms with Crippen molar-refractivity contribution in [2.24, 2.45) is 5.41 Å². The average Bonchev–Trinajstić information content (AvgIpc) is 3.19. The quantitative estimate of drug-likeness (QED) is 0.240. The molecule has 5 nitrogen and oxygen atoms in total. The van der Waals surface area contributed by atoms with Gasteiger partial charge in [0, 0.05) is 30.7 Å². The molecular formula is C34H34N2O3. The molecule has 0 aliphatic carbocycles. The molecule has 0 aromatic heterocycles. The summed E-state index contributed by atoms with van der Waals surface area (Å²) in [4.78, 5) is 31.6. The Hall–Kier alpha value is -4.22. The maximum Gasteiger partial charge on any atom is 0.328 e. The molecule has 1 amide bonds. The SMILES string of the molecule is CC1(C)CN(c2ccccc2)C(=O)[C@H]1OC(=O)[C@@H](c1ccccc1)N(Cc1ccccc1)Cc1ccccc1. The average molecular weight is 519 g/mol. The molecule has 1 heterocycles. The molecule has 198 valence electrons. The minimum absolute atomic E-state index is 0.191. The number of esters is 1. The van der Waals surface area contributed by atoms with E-state index in [-0.39, 0.29) is 5.91 Å². The normalized spacial score (nSPS) is 17.3. The van der Waals surface area contributed by atoms with Gasteiger partial charge >= 0.3 is 5.97 Å². The molecule has 2 atom stereocenters. The lowest BCUT2D eigenvalue weighted by Gasteiger charge is -2.33. The molecule has 39 heavy (non-hydrogen) atoms. The Labute approximate surface area is 230 Å². The Morgan fingerprint density at radius 1 is 0.795 bits per heavy atom. The molecule has 0 unspecified atom stereocenters. The molecule has 1 aliphatic rings. The Morgan fingerprint density at radius 3 is 1.77 bits per heavy atom. The van der Waals surface area contributed by atoms with Crippen molar-refractivity contribution in [3.63, 3.8) is 0 Å². The van der Waals surface area contributed by atoms with Gasteiger partial charge in [0.15, 0.2) is 6.10 Å². The van der Waals surface area contributed by atoms with Gasteiger partial charge in [-0.1, -0.05) is 123 Å². The van der Waals surface area contributed by atoms with Crippen LogP contribution in [-0.4, -0.2) is 29.4 Å². The predicted octanol–water partition coefficient (Wildman–Crippen LogP) is 6.41. The summed E-state index contributed by atoms with van der Waals surface area (Å²) >= 11 is 0. The van der Waals surface area contributed by atoms with Gasteiger partial charge in [-0.25, -0.2) is 4.79 Å². The Bertz CT molecular complexity index is 1330. The number of rotatable bonds is 9. The third-order valence-corrected chi connectivity index (χ3v) is 7.23. The van der Waals surface area contributed by atoms with Gasteiger partial charge < -0.3 is 9.64 Å². The number of amides is 1. The van der Waals surface area contributed by atoms with Crippen molar-refractivity contribution in [2.45, 2.75) is 39.1 Å². The van der Waals surface area contributed by atoms with Crippen LogP contribution < -0.4 is 4.90 Å². The molecule has 4 aromatic carbocycles. The van der Waals surface area contributed by atoms with Gasteiger partial charge in [-0.3, -0.25) is 9.69 Å². The second-order valence-corrected chi connectivity index (χ2v) is 10.8. The number of anilines is 1. The third-order valence-electron chi connectivity index (χ3n) is 7.23. The van der Waals surface area contributed by atoms with E-state index >= 15 is 0 Å². The minimum Gasteiger partial charge on any atom is -0.450 e. The molecule has 0 bridgehead atoms. The van der Waals surface area contributed by atoms with E-state index in [4.69, 9.17) is 4.74 Å². The first-order chi connectivity index (χ1) is 18.9. The second kappa shape index (κ2) is 11.7. The van der Waals surface area contributed by atoms with Crippen LogP contribution in [0.2, 0.25) is 0 Å². The molecule has 0 N–H and O–H groups in total. The number of carbonyl (C=O) groups is 2. The van der Waals surface area contributed by atoms with Crippen LogP contribution in [0.5, 0.6) is 0 Å². The predicted molar refractivity (Wildman–Crippen MR) is 154 cm³/mol. The summed E-state index contributed by atoms with van der Waals surface area (Å²) < 4.78 is 6.19. The van der Waals surface area contributed by atoms with Crippen LogP contribution in [-0.2, 0) is 27.4 Å². The molecule has 5 heteroatoms. The summed E-state index contributed by atoms with van der Waals surface area (Å²) in [7, 11) is 0. The fourth-order valence-electron chi connectivity index (χ4n) is 5.27. The molecule has 4 aromatic rings. The van der Waals surface area contributed by atoms with Gasteiger partial charge in [-0.2, -0.15) is 0 Å². The van der Waals surface area contributed by atoms with Crippen molar-refractivity contribution in [1.82, 2.24) is 4.90 Å². The summed E-state index contributed by atoms with van der Waals surface area (Å²) in [5.74, 6) is -0.613. The van der Waals surface area contributed by atoms with Crippen LogP contribution in [0.4, 0.5) is 5.69 Å². The first-order valence-electron chi connectivity index (χ1n) is 13.4. The molecule has 5 rings (SSSR count). The van der Waals surface area contributed by atoms with Crippen LogP contribution in [0.15, 0.2) is 121 Å². The van der Waals surface area contributed by atoms with E-state index in [2.05, 4.69) is 29.2 Å². The fourth-order valence-corrected chi connectivity index (χ4v) is 5.27.